The second kappa shape index (κ2) is 11.2. The molecule has 1 aromatic heterocycles. The van der Waals surface area contributed by atoms with Crippen LogP contribution in [-0.4, -0.2) is 47.2 Å². The van der Waals surface area contributed by atoms with Gasteiger partial charge in [0, 0.05) is 30.7 Å². The van der Waals surface area contributed by atoms with Gasteiger partial charge in [-0.2, -0.15) is 0 Å². The fraction of sp³-hybridized carbons (Fsp3) is 0.346. The lowest BCUT2D eigenvalue weighted by Crippen LogP contribution is -2.60. The third-order valence-corrected chi connectivity index (χ3v) is 7.06. The van der Waals surface area contributed by atoms with E-state index in [-0.39, 0.29) is 12.6 Å². The maximum absolute atomic E-state index is 12.8. The van der Waals surface area contributed by atoms with Crippen LogP contribution in [0.1, 0.15) is 29.7 Å². The number of ether oxygens (including phenoxy) is 1. The SMILES string of the molecule is Cc1csc(NC(=O)N2CCC(CNc3ccccc3C)(NC(=O)OCc3ccccc3)CC2)n1. The highest BCUT2D eigenvalue weighted by Crippen LogP contribution is 2.26. The number of rotatable bonds is 7. The minimum Gasteiger partial charge on any atom is -0.445 e. The largest absolute Gasteiger partial charge is 0.445 e. The smallest absolute Gasteiger partial charge is 0.407 e. The van der Waals surface area contributed by atoms with Gasteiger partial charge in [0.25, 0.3) is 0 Å². The van der Waals surface area contributed by atoms with Crippen LogP contribution >= 0.6 is 11.3 Å². The first-order chi connectivity index (χ1) is 16.9. The van der Waals surface area contributed by atoms with Gasteiger partial charge in [0.1, 0.15) is 6.61 Å². The monoisotopic (exact) mass is 493 g/mol. The van der Waals surface area contributed by atoms with E-state index in [1.54, 1.807) is 4.90 Å². The van der Waals surface area contributed by atoms with Gasteiger partial charge in [-0.25, -0.2) is 14.6 Å². The van der Waals surface area contributed by atoms with Crippen LogP contribution in [0.3, 0.4) is 0 Å². The van der Waals surface area contributed by atoms with E-state index in [0.717, 1.165) is 22.5 Å². The summed E-state index contributed by atoms with van der Waals surface area (Å²) in [6.07, 6.45) is 0.726. The first-order valence-corrected chi connectivity index (χ1v) is 12.6. The third kappa shape index (κ3) is 6.73. The number of para-hydroxylation sites is 1. The molecule has 0 aliphatic carbocycles. The molecular formula is C26H31N5O3S. The van der Waals surface area contributed by atoms with Crippen molar-refractivity contribution < 1.29 is 14.3 Å². The highest BCUT2D eigenvalue weighted by atomic mass is 32.1. The Bertz CT molecular complexity index is 1140. The van der Waals surface area contributed by atoms with Crippen LogP contribution in [0.15, 0.2) is 60.0 Å². The molecule has 0 radical (unpaired) electrons. The first-order valence-electron chi connectivity index (χ1n) is 11.7. The number of hydrogen-bond acceptors (Lipinski definition) is 6. The number of aryl methyl sites for hydroxylation is 2. The van der Waals surface area contributed by atoms with Crippen LogP contribution in [0, 0.1) is 13.8 Å². The lowest BCUT2D eigenvalue weighted by Gasteiger charge is -2.42. The maximum atomic E-state index is 12.8. The van der Waals surface area contributed by atoms with Crippen molar-refractivity contribution in [2.75, 3.05) is 30.3 Å². The molecule has 3 amide bonds. The number of thiazole rings is 1. The number of piperidine rings is 1. The molecule has 0 spiro atoms. The number of anilines is 2. The van der Waals surface area contributed by atoms with E-state index < -0.39 is 11.6 Å². The average Bonchev–Trinajstić information content (AvgIpc) is 3.27. The summed E-state index contributed by atoms with van der Waals surface area (Å²) in [6.45, 7) is 5.68. The quantitative estimate of drug-likeness (QED) is 0.422. The number of nitrogens with zero attached hydrogens (tertiary/aromatic N) is 2. The Morgan fingerprint density at radius 3 is 2.46 bits per heavy atom. The maximum Gasteiger partial charge on any atom is 0.407 e. The lowest BCUT2D eigenvalue weighted by atomic mass is 9.87. The normalized spacial score (nSPS) is 14.7. The molecule has 1 saturated heterocycles. The Hall–Kier alpha value is -3.59. The minimum absolute atomic E-state index is 0.175. The summed E-state index contributed by atoms with van der Waals surface area (Å²) in [6, 6.07) is 17.5. The summed E-state index contributed by atoms with van der Waals surface area (Å²) in [5.74, 6) is 0. The van der Waals surface area contributed by atoms with Gasteiger partial charge >= 0.3 is 12.1 Å². The molecule has 0 saturated carbocycles. The standard InChI is InChI=1S/C26H31N5O3S/c1-19-8-6-7-11-22(19)27-18-26(30-25(33)34-16-21-9-4-3-5-10-21)12-14-31(15-13-26)24(32)29-23-28-20(2)17-35-23/h3-11,17,27H,12-16,18H2,1-2H3,(H,30,33)(H,28,29,32). The van der Waals surface area contributed by atoms with Gasteiger partial charge in [-0.15, -0.1) is 11.3 Å². The predicted octanol–water partition coefficient (Wildman–Crippen LogP) is 5.16. The summed E-state index contributed by atoms with van der Waals surface area (Å²) in [5, 5.41) is 12.0. The van der Waals surface area contributed by atoms with E-state index in [9.17, 15) is 9.59 Å². The van der Waals surface area contributed by atoms with Crippen molar-refractivity contribution in [1.82, 2.24) is 15.2 Å². The number of amides is 3. The molecule has 184 valence electrons. The van der Waals surface area contributed by atoms with E-state index in [0.29, 0.717) is 37.6 Å². The number of aromatic nitrogens is 1. The van der Waals surface area contributed by atoms with Gasteiger partial charge in [0.15, 0.2) is 5.13 Å². The Morgan fingerprint density at radius 1 is 1.06 bits per heavy atom. The number of carbonyl (C=O) groups excluding carboxylic acids is 2. The van der Waals surface area contributed by atoms with Gasteiger partial charge in [-0.3, -0.25) is 5.32 Å². The van der Waals surface area contributed by atoms with Gasteiger partial charge < -0.3 is 20.3 Å². The van der Waals surface area contributed by atoms with Crippen molar-refractivity contribution in [3.8, 4) is 0 Å². The second-order valence-corrected chi connectivity index (χ2v) is 9.70. The minimum atomic E-state index is -0.551. The van der Waals surface area contributed by atoms with Crippen LogP contribution in [0.25, 0.3) is 0 Å². The third-order valence-electron chi connectivity index (χ3n) is 6.18. The van der Waals surface area contributed by atoms with Gasteiger partial charge in [0.2, 0.25) is 0 Å². The van der Waals surface area contributed by atoms with E-state index in [1.165, 1.54) is 11.3 Å². The van der Waals surface area contributed by atoms with Gasteiger partial charge in [-0.05, 0) is 43.9 Å². The molecule has 9 heteroatoms. The van der Waals surface area contributed by atoms with Crippen LogP contribution in [-0.2, 0) is 11.3 Å². The van der Waals surface area contributed by atoms with Crippen LogP contribution in [0.5, 0.6) is 0 Å². The second-order valence-electron chi connectivity index (χ2n) is 8.85. The average molecular weight is 494 g/mol. The number of benzene rings is 2. The van der Waals surface area contributed by atoms with Crippen molar-refractivity contribution in [2.24, 2.45) is 0 Å². The van der Waals surface area contributed by atoms with Crippen molar-refractivity contribution in [1.29, 1.82) is 0 Å². The molecule has 2 aromatic carbocycles. The topological polar surface area (TPSA) is 95.6 Å². The molecule has 1 fully saturated rings. The van der Waals surface area contributed by atoms with E-state index in [4.69, 9.17) is 4.74 Å². The lowest BCUT2D eigenvalue weighted by molar-refractivity contribution is 0.110. The number of likely N-dealkylation sites (tertiary alicyclic amines) is 1. The van der Waals surface area contributed by atoms with Crippen LogP contribution in [0.4, 0.5) is 20.4 Å². The molecule has 3 aromatic rings. The first kappa shape index (κ1) is 24.5. The zero-order valence-corrected chi connectivity index (χ0v) is 20.9. The van der Waals surface area contributed by atoms with E-state index >= 15 is 0 Å². The van der Waals surface area contributed by atoms with Gasteiger partial charge in [0.05, 0.1) is 11.2 Å². The molecule has 2 heterocycles. The number of alkyl carbamates (subject to hydrolysis) is 1. The summed E-state index contributed by atoms with van der Waals surface area (Å²) in [4.78, 5) is 31.6. The molecule has 1 aliphatic heterocycles. The van der Waals surface area contributed by atoms with Crippen molar-refractivity contribution in [2.45, 2.75) is 38.8 Å². The fourth-order valence-electron chi connectivity index (χ4n) is 4.08. The van der Waals surface area contributed by atoms with Crippen molar-refractivity contribution in [3.63, 3.8) is 0 Å². The molecule has 8 nitrogen and oxygen atoms in total. The Kier molecular flexibility index (Phi) is 7.87. The molecule has 1 aliphatic rings. The highest BCUT2D eigenvalue weighted by molar-refractivity contribution is 7.13. The van der Waals surface area contributed by atoms with Crippen molar-refractivity contribution in [3.05, 3.63) is 76.8 Å². The highest BCUT2D eigenvalue weighted by Gasteiger charge is 2.38. The molecule has 0 atom stereocenters. The van der Waals surface area contributed by atoms with Crippen molar-refractivity contribution >= 4 is 34.3 Å². The number of hydrogen-bond donors (Lipinski definition) is 3. The summed E-state index contributed by atoms with van der Waals surface area (Å²) >= 11 is 1.41. The summed E-state index contributed by atoms with van der Waals surface area (Å²) in [7, 11) is 0. The van der Waals surface area contributed by atoms with Crippen LogP contribution in [0.2, 0.25) is 0 Å². The summed E-state index contributed by atoms with van der Waals surface area (Å²) < 4.78 is 5.51. The molecule has 0 unspecified atom stereocenters. The molecule has 3 N–H and O–H groups in total. The van der Waals surface area contributed by atoms with E-state index in [1.807, 2.05) is 73.8 Å². The Balaban J connectivity index is 1.39. The fourth-order valence-corrected chi connectivity index (χ4v) is 4.75. The van der Waals surface area contributed by atoms with Crippen LogP contribution < -0.4 is 16.0 Å². The Morgan fingerprint density at radius 2 is 1.77 bits per heavy atom. The predicted molar refractivity (Wildman–Crippen MR) is 139 cm³/mol. The number of nitrogens with one attached hydrogen (secondary N) is 3. The van der Waals surface area contributed by atoms with E-state index in [2.05, 4.69) is 20.9 Å². The van der Waals surface area contributed by atoms with Gasteiger partial charge in [-0.1, -0.05) is 48.5 Å². The molecular weight excluding hydrogens is 462 g/mol. The molecule has 4 rings (SSSR count). The molecule has 0 bridgehead atoms. The number of urea groups is 1. The summed E-state index contributed by atoms with van der Waals surface area (Å²) in [5.41, 5.74) is 3.41. The zero-order chi connectivity index (χ0) is 24.7. The molecule has 35 heavy (non-hydrogen) atoms. The number of carbonyl (C=O) groups is 2. The Labute approximate surface area is 209 Å². The zero-order valence-electron chi connectivity index (χ0n) is 20.0.